The Balaban J connectivity index is 1.46. The normalized spacial score (nSPS) is 14.8. The molecule has 3 heterocycles. The van der Waals surface area contributed by atoms with Gasteiger partial charge in [0.15, 0.2) is 0 Å². The maximum atomic E-state index is 13.3. The van der Waals surface area contributed by atoms with Gasteiger partial charge in [0.2, 0.25) is 0 Å². The summed E-state index contributed by atoms with van der Waals surface area (Å²) in [7, 11) is 0. The van der Waals surface area contributed by atoms with Crippen LogP contribution in [0.3, 0.4) is 0 Å². The van der Waals surface area contributed by atoms with Crippen molar-refractivity contribution in [2.45, 2.75) is 32.7 Å². The van der Waals surface area contributed by atoms with Crippen molar-refractivity contribution < 1.29 is 18.7 Å². The second-order valence-corrected chi connectivity index (χ2v) is 8.27. The first kappa shape index (κ1) is 20.3. The molecule has 1 aromatic carbocycles. The van der Waals surface area contributed by atoms with E-state index in [0.717, 1.165) is 21.6 Å². The van der Waals surface area contributed by atoms with E-state index in [2.05, 4.69) is 10.4 Å². The Kier molecular flexibility index (Phi) is 5.72. The fraction of sp³-hybridized carbons (Fsp3) is 0.381. The largest absolute Gasteiger partial charge is 0.450 e. The van der Waals surface area contributed by atoms with Crippen molar-refractivity contribution in [3.63, 3.8) is 0 Å². The van der Waals surface area contributed by atoms with Crippen LogP contribution in [0.15, 0.2) is 30.3 Å². The van der Waals surface area contributed by atoms with Crippen LogP contribution in [-0.2, 0) is 4.74 Å². The minimum absolute atomic E-state index is 0.0167. The van der Waals surface area contributed by atoms with Gasteiger partial charge < -0.3 is 15.0 Å². The van der Waals surface area contributed by atoms with Gasteiger partial charge in [-0.2, -0.15) is 5.10 Å². The zero-order valence-corrected chi connectivity index (χ0v) is 17.7. The molecule has 1 aliphatic rings. The van der Waals surface area contributed by atoms with Crippen molar-refractivity contribution in [1.82, 2.24) is 20.0 Å². The highest BCUT2D eigenvalue weighted by Gasteiger charge is 2.26. The van der Waals surface area contributed by atoms with Gasteiger partial charge in [-0.25, -0.2) is 13.9 Å². The molecule has 2 amide bonds. The number of hydrogen-bond acceptors (Lipinski definition) is 5. The predicted octanol–water partition coefficient (Wildman–Crippen LogP) is 3.89. The van der Waals surface area contributed by atoms with Gasteiger partial charge >= 0.3 is 6.09 Å². The van der Waals surface area contributed by atoms with Crippen molar-refractivity contribution in [1.29, 1.82) is 0 Å². The van der Waals surface area contributed by atoms with Crippen LogP contribution in [0, 0.1) is 12.7 Å². The van der Waals surface area contributed by atoms with E-state index in [9.17, 15) is 14.0 Å². The molecule has 7 nitrogen and oxygen atoms in total. The molecular weight excluding hydrogens is 407 g/mol. The third-order valence-corrected chi connectivity index (χ3v) is 6.31. The number of benzene rings is 1. The van der Waals surface area contributed by atoms with Gasteiger partial charge in [-0.1, -0.05) is 0 Å². The minimum atomic E-state index is -0.306. The van der Waals surface area contributed by atoms with Crippen LogP contribution in [-0.4, -0.2) is 52.4 Å². The summed E-state index contributed by atoms with van der Waals surface area (Å²) >= 11 is 1.36. The highest BCUT2D eigenvalue weighted by atomic mass is 32.1. The molecule has 0 atom stereocenters. The van der Waals surface area contributed by atoms with Crippen LogP contribution in [0.4, 0.5) is 9.18 Å². The highest BCUT2D eigenvalue weighted by molar-refractivity contribution is 7.20. The Hall–Kier alpha value is -2.94. The third kappa shape index (κ3) is 4.02. The summed E-state index contributed by atoms with van der Waals surface area (Å²) in [4.78, 5) is 27.8. The molecule has 1 saturated heterocycles. The zero-order valence-electron chi connectivity index (χ0n) is 16.9. The van der Waals surface area contributed by atoms with Crippen molar-refractivity contribution in [2.75, 3.05) is 19.7 Å². The number of ether oxygens (including phenoxy) is 1. The molecule has 4 rings (SSSR count). The number of piperidine rings is 1. The maximum absolute atomic E-state index is 13.3. The van der Waals surface area contributed by atoms with Crippen LogP contribution < -0.4 is 5.32 Å². The molecule has 9 heteroatoms. The number of rotatable bonds is 4. The SMILES string of the molecule is CCOC(=O)N1CCC(NC(=O)c2cc3c(C)nn(-c4ccc(F)cc4)c3s2)CC1. The second-order valence-electron chi connectivity index (χ2n) is 7.24. The Morgan fingerprint density at radius 1 is 1.27 bits per heavy atom. The molecule has 0 radical (unpaired) electrons. The number of thiophene rings is 1. The first-order chi connectivity index (χ1) is 14.5. The quantitative estimate of drug-likeness (QED) is 0.681. The predicted molar refractivity (Wildman–Crippen MR) is 113 cm³/mol. The number of carbonyl (C=O) groups is 2. The molecule has 0 bridgehead atoms. The molecule has 0 spiro atoms. The van der Waals surface area contributed by atoms with E-state index in [4.69, 9.17) is 4.74 Å². The zero-order chi connectivity index (χ0) is 21.3. The summed E-state index contributed by atoms with van der Waals surface area (Å²) in [5, 5.41) is 8.52. The highest BCUT2D eigenvalue weighted by Crippen LogP contribution is 2.30. The average Bonchev–Trinajstić information content (AvgIpc) is 3.30. The van der Waals surface area contributed by atoms with Crippen molar-refractivity contribution in [3.05, 3.63) is 46.7 Å². The summed E-state index contributed by atoms with van der Waals surface area (Å²) in [5.74, 6) is -0.435. The lowest BCUT2D eigenvalue weighted by Gasteiger charge is -2.31. The summed E-state index contributed by atoms with van der Waals surface area (Å²) in [6, 6.07) is 7.98. The van der Waals surface area contributed by atoms with E-state index in [-0.39, 0.29) is 23.9 Å². The van der Waals surface area contributed by atoms with E-state index < -0.39 is 0 Å². The molecule has 30 heavy (non-hydrogen) atoms. The van der Waals surface area contributed by atoms with E-state index >= 15 is 0 Å². The lowest BCUT2D eigenvalue weighted by atomic mass is 10.1. The molecular formula is C21H23FN4O3S. The van der Waals surface area contributed by atoms with Crippen molar-refractivity contribution in [2.24, 2.45) is 0 Å². The topological polar surface area (TPSA) is 76.5 Å². The molecule has 158 valence electrons. The first-order valence-electron chi connectivity index (χ1n) is 9.94. The minimum Gasteiger partial charge on any atom is -0.450 e. The molecule has 0 unspecified atom stereocenters. The van der Waals surface area contributed by atoms with Gasteiger partial charge in [0, 0.05) is 24.5 Å². The average molecular weight is 431 g/mol. The Morgan fingerprint density at radius 2 is 1.97 bits per heavy atom. The second kappa shape index (κ2) is 8.43. The molecule has 1 fully saturated rings. The van der Waals surface area contributed by atoms with Crippen LogP contribution in [0.2, 0.25) is 0 Å². The number of halogens is 1. The van der Waals surface area contributed by atoms with Gasteiger partial charge in [0.05, 0.1) is 22.9 Å². The smallest absolute Gasteiger partial charge is 0.409 e. The van der Waals surface area contributed by atoms with E-state index in [1.807, 2.05) is 13.0 Å². The standard InChI is InChI=1S/C21H23FN4O3S/c1-3-29-21(28)25-10-8-15(9-11-25)23-19(27)18-12-17-13(2)24-26(20(17)30-18)16-6-4-14(22)5-7-16/h4-7,12,15H,3,8-11H2,1-2H3,(H,23,27). The van der Waals surface area contributed by atoms with Gasteiger partial charge in [-0.05, 0) is 57.0 Å². The van der Waals surface area contributed by atoms with Gasteiger partial charge in [0.1, 0.15) is 10.6 Å². The number of likely N-dealkylation sites (tertiary alicyclic amines) is 1. The monoisotopic (exact) mass is 430 g/mol. The number of amides is 2. The lowest BCUT2D eigenvalue weighted by molar-refractivity contribution is 0.0862. The third-order valence-electron chi connectivity index (χ3n) is 5.20. The van der Waals surface area contributed by atoms with Crippen LogP contribution in [0.5, 0.6) is 0 Å². The van der Waals surface area contributed by atoms with Gasteiger partial charge in [0.25, 0.3) is 5.91 Å². The Morgan fingerprint density at radius 3 is 2.63 bits per heavy atom. The molecule has 1 aliphatic heterocycles. The Bertz CT molecular complexity index is 1070. The summed E-state index contributed by atoms with van der Waals surface area (Å²) in [6.45, 7) is 5.16. The maximum Gasteiger partial charge on any atom is 0.409 e. The lowest BCUT2D eigenvalue weighted by Crippen LogP contribution is -2.46. The van der Waals surface area contributed by atoms with E-state index in [0.29, 0.717) is 37.4 Å². The number of nitrogens with zero attached hydrogens (tertiary/aromatic N) is 3. The number of fused-ring (bicyclic) bond motifs is 1. The van der Waals surface area contributed by atoms with Crippen LogP contribution >= 0.6 is 11.3 Å². The Labute approximate surface area is 177 Å². The number of hydrogen-bond donors (Lipinski definition) is 1. The van der Waals surface area contributed by atoms with Crippen molar-refractivity contribution in [3.8, 4) is 5.69 Å². The van der Waals surface area contributed by atoms with Crippen molar-refractivity contribution >= 4 is 33.6 Å². The van der Waals surface area contributed by atoms with Crippen LogP contribution in [0.1, 0.15) is 35.1 Å². The van der Waals surface area contributed by atoms with E-state index in [1.54, 1.807) is 28.6 Å². The first-order valence-corrected chi connectivity index (χ1v) is 10.8. The van der Waals surface area contributed by atoms with Gasteiger partial charge in [-0.3, -0.25) is 4.79 Å². The molecule has 0 aliphatic carbocycles. The van der Waals surface area contributed by atoms with Gasteiger partial charge in [-0.15, -0.1) is 11.3 Å². The number of nitrogens with one attached hydrogen (secondary N) is 1. The summed E-state index contributed by atoms with van der Waals surface area (Å²) in [6.07, 6.45) is 1.09. The number of aryl methyl sites for hydroxylation is 1. The molecule has 0 saturated carbocycles. The fourth-order valence-corrected chi connectivity index (χ4v) is 4.68. The number of aromatic nitrogens is 2. The van der Waals surface area contributed by atoms with E-state index in [1.165, 1.54) is 23.5 Å². The number of carbonyl (C=O) groups excluding carboxylic acids is 2. The molecule has 1 N–H and O–H groups in total. The summed E-state index contributed by atoms with van der Waals surface area (Å²) in [5.41, 5.74) is 1.56. The molecule has 3 aromatic rings. The summed E-state index contributed by atoms with van der Waals surface area (Å²) < 4.78 is 20.0. The fourth-order valence-electron chi connectivity index (χ4n) is 3.59. The molecule has 2 aromatic heterocycles. The van der Waals surface area contributed by atoms with Crippen LogP contribution in [0.25, 0.3) is 15.9 Å².